The minimum Gasteiger partial charge on any atom is -0.493 e. The molecular weight excluding hydrogens is 254 g/mol. The molecule has 1 aliphatic heterocycles. The van der Waals surface area contributed by atoms with E-state index in [1.807, 2.05) is 12.1 Å². The number of ether oxygens (including phenoxy) is 2. The molecule has 1 aromatic carbocycles. The average Bonchev–Trinajstić information content (AvgIpc) is 2.47. The van der Waals surface area contributed by atoms with Crippen LogP contribution in [0.3, 0.4) is 0 Å². The Morgan fingerprint density at radius 1 is 1.25 bits per heavy atom. The standard InChI is InChI=1S/C15H23N3O2/c1-19-13-4-3-11(9-14(13)20-2)10-18-7-5-12(6-8-18)15(16)17/h3-4,9,12H,5-8,10H2,1-2H3,(H3,16,17). The molecule has 1 saturated heterocycles. The number of benzene rings is 1. The fourth-order valence-electron chi connectivity index (χ4n) is 2.64. The number of nitrogens with two attached hydrogens (primary N) is 1. The summed E-state index contributed by atoms with van der Waals surface area (Å²) in [6.07, 6.45) is 1.95. The van der Waals surface area contributed by atoms with E-state index >= 15 is 0 Å². The van der Waals surface area contributed by atoms with Gasteiger partial charge in [-0.05, 0) is 43.6 Å². The predicted molar refractivity (Wildman–Crippen MR) is 79.5 cm³/mol. The first-order chi connectivity index (χ1) is 9.63. The number of likely N-dealkylation sites (tertiary alicyclic amines) is 1. The van der Waals surface area contributed by atoms with E-state index in [0.717, 1.165) is 44.0 Å². The quantitative estimate of drug-likeness (QED) is 0.636. The van der Waals surface area contributed by atoms with Crippen molar-refractivity contribution in [3.63, 3.8) is 0 Å². The minimum absolute atomic E-state index is 0.261. The van der Waals surface area contributed by atoms with E-state index in [1.54, 1.807) is 14.2 Å². The first-order valence-corrected chi connectivity index (χ1v) is 6.91. The minimum atomic E-state index is 0.261. The molecular formula is C15H23N3O2. The Labute approximate surface area is 120 Å². The van der Waals surface area contributed by atoms with Gasteiger partial charge in [0.2, 0.25) is 0 Å². The van der Waals surface area contributed by atoms with Crippen molar-refractivity contribution in [2.75, 3.05) is 27.3 Å². The van der Waals surface area contributed by atoms with Gasteiger partial charge >= 0.3 is 0 Å². The number of hydrogen-bond acceptors (Lipinski definition) is 4. The Hall–Kier alpha value is -1.75. The molecule has 2 rings (SSSR count). The molecule has 0 bridgehead atoms. The first-order valence-electron chi connectivity index (χ1n) is 6.91. The molecule has 20 heavy (non-hydrogen) atoms. The molecule has 1 fully saturated rings. The number of nitrogens with zero attached hydrogens (tertiary/aromatic N) is 1. The van der Waals surface area contributed by atoms with Crippen LogP contribution < -0.4 is 15.2 Å². The van der Waals surface area contributed by atoms with Gasteiger partial charge in [-0.2, -0.15) is 0 Å². The Balaban J connectivity index is 1.96. The topological polar surface area (TPSA) is 71.6 Å². The fraction of sp³-hybridized carbons (Fsp3) is 0.533. The van der Waals surface area contributed by atoms with Gasteiger partial charge in [-0.3, -0.25) is 10.3 Å². The van der Waals surface area contributed by atoms with Crippen LogP contribution >= 0.6 is 0 Å². The van der Waals surface area contributed by atoms with Gasteiger partial charge in [-0.15, -0.1) is 0 Å². The van der Waals surface area contributed by atoms with Crippen molar-refractivity contribution in [3.8, 4) is 11.5 Å². The normalized spacial score (nSPS) is 16.9. The second kappa shape index (κ2) is 6.61. The average molecular weight is 277 g/mol. The number of hydrogen-bond donors (Lipinski definition) is 2. The van der Waals surface area contributed by atoms with Crippen molar-refractivity contribution in [1.82, 2.24) is 4.90 Å². The van der Waals surface area contributed by atoms with Gasteiger partial charge in [-0.1, -0.05) is 6.07 Å². The lowest BCUT2D eigenvalue weighted by Gasteiger charge is -2.31. The van der Waals surface area contributed by atoms with E-state index in [-0.39, 0.29) is 5.92 Å². The molecule has 1 heterocycles. The highest BCUT2D eigenvalue weighted by Gasteiger charge is 2.21. The van der Waals surface area contributed by atoms with Crippen LogP contribution in [-0.4, -0.2) is 38.0 Å². The SMILES string of the molecule is COc1ccc(CN2CCC(C(=N)N)CC2)cc1OC. The lowest BCUT2D eigenvalue weighted by Crippen LogP contribution is -2.37. The summed E-state index contributed by atoms with van der Waals surface area (Å²) < 4.78 is 10.6. The fourth-order valence-corrected chi connectivity index (χ4v) is 2.64. The summed E-state index contributed by atoms with van der Waals surface area (Å²) in [6.45, 7) is 2.86. The molecule has 0 aromatic heterocycles. The maximum atomic E-state index is 7.50. The molecule has 1 aliphatic rings. The van der Waals surface area contributed by atoms with Crippen molar-refractivity contribution in [2.24, 2.45) is 11.7 Å². The lowest BCUT2D eigenvalue weighted by atomic mass is 9.95. The zero-order valence-corrected chi connectivity index (χ0v) is 12.2. The maximum absolute atomic E-state index is 7.50. The third-order valence-electron chi connectivity index (χ3n) is 3.88. The Kier molecular flexibility index (Phi) is 4.84. The molecule has 0 saturated carbocycles. The van der Waals surface area contributed by atoms with E-state index in [9.17, 15) is 0 Å². The highest BCUT2D eigenvalue weighted by Crippen LogP contribution is 2.28. The summed E-state index contributed by atoms with van der Waals surface area (Å²) in [5.41, 5.74) is 6.78. The second-order valence-corrected chi connectivity index (χ2v) is 5.20. The Morgan fingerprint density at radius 2 is 1.90 bits per heavy atom. The van der Waals surface area contributed by atoms with E-state index in [1.165, 1.54) is 5.56 Å². The summed E-state index contributed by atoms with van der Waals surface area (Å²) in [7, 11) is 3.30. The zero-order chi connectivity index (χ0) is 14.5. The molecule has 1 aromatic rings. The lowest BCUT2D eigenvalue weighted by molar-refractivity contribution is 0.201. The van der Waals surface area contributed by atoms with Gasteiger partial charge in [0.1, 0.15) is 0 Å². The van der Waals surface area contributed by atoms with E-state index < -0.39 is 0 Å². The van der Waals surface area contributed by atoms with Crippen molar-refractivity contribution >= 4 is 5.84 Å². The van der Waals surface area contributed by atoms with Crippen LogP contribution in [-0.2, 0) is 6.54 Å². The maximum Gasteiger partial charge on any atom is 0.161 e. The van der Waals surface area contributed by atoms with E-state index in [0.29, 0.717) is 5.84 Å². The Morgan fingerprint density at radius 3 is 2.45 bits per heavy atom. The first kappa shape index (κ1) is 14.7. The molecule has 5 heteroatoms. The molecule has 0 radical (unpaired) electrons. The summed E-state index contributed by atoms with van der Waals surface area (Å²) in [5, 5.41) is 7.50. The highest BCUT2D eigenvalue weighted by atomic mass is 16.5. The van der Waals surface area contributed by atoms with Crippen molar-refractivity contribution in [3.05, 3.63) is 23.8 Å². The third kappa shape index (κ3) is 3.42. The molecule has 110 valence electrons. The number of methoxy groups -OCH3 is 2. The predicted octanol–water partition coefficient (Wildman–Crippen LogP) is 1.85. The summed E-state index contributed by atoms with van der Waals surface area (Å²) >= 11 is 0. The zero-order valence-electron chi connectivity index (χ0n) is 12.2. The number of rotatable bonds is 5. The van der Waals surface area contributed by atoms with Gasteiger partial charge in [0.05, 0.1) is 20.1 Å². The van der Waals surface area contributed by atoms with Gasteiger partial charge in [-0.25, -0.2) is 0 Å². The summed E-state index contributed by atoms with van der Waals surface area (Å²) in [4.78, 5) is 2.39. The molecule has 0 spiro atoms. The number of piperidine rings is 1. The molecule has 0 aliphatic carbocycles. The largest absolute Gasteiger partial charge is 0.493 e. The number of amidine groups is 1. The van der Waals surface area contributed by atoms with Crippen molar-refractivity contribution < 1.29 is 9.47 Å². The Bertz CT molecular complexity index is 468. The van der Waals surface area contributed by atoms with Crippen LogP contribution in [0.4, 0.5) is 0 Å². The van der Waals surface area contributed by atoms with Gasteiger partial charge in [0.25, 0.3) is 0 Å². The van der Waals surface area contributed by atoms with Gasteiger partial charge in [0, 0.05) is 12.5 Å². The van der Waals surface area contributed by atoms with Crippen LogP contribution in [0.15, 0.2) is 18.2 Å². The smallest absolute Gasteiger partial charge is 0.161 e. The van der Waals surface area contributed by atoms with Crippen molar-refractivity contribution in [1.29, 1.82) is 5.41 Å². The molecule has 0 atom stereocenters. The number of nitrogens with one attached hydrogen (secondary N) is 1. The van der Waals surface area contributed by atoms with Crippen LogP contribution in [0.2, 0.25) is 0 Å². The molecule has 0 unspecified atom stereocenters. The van der Waals surface area contributed by atoms with Crippen LogP contribution in [0.1, 0.15) is 18.4 Å². The summed E-state index contributed by atoms with van der Waals surface area (Å²) in [6, 6.07) is 6.03. The molecule has 3 N–H and O–H groups in total. The molecule has 5 nitrogen and oxygen atoms in total. The van der Waals surface area contributed by atoms with E-state index in [4.69, 9.17) is 20.6 Å². The van der Waals surface area contributed by atoms with Crippen LogP contribution in [0, 0.1) is 11.3 Å². The van der Waals surface area contributed by atoms with Gasteiger partial charge in [0.15, 0.2) is 11.5 Å². The van der Waals surface area contributed by atoms with Gasteiger partial charge < -0.3 is 15.2 Å². The highest BCUT2D eigenvalue weighted by molar-refractivity contribution is 5.79. The monoisotopic (exact) mass is 277 g/mol. The third-order valence-corrected chi connectivity index (χ3v) is 3.88. The molecule has 0 amide bonds. The summed E-state index contributed by atoms with van der Waals surface area (Å²) in [5.74, 6) is 2.11. The van der Waals surface area contributed by atoms with Crippen LogP contribution in [0.5, 0.6) is 11.5 Å². The van der Waals surface area contributed by atoms with Crippen LogP contribution in [0.25, 0.3) is 0 Å². The van der Waals surface area contributed by atoms with Crippen molar-refractivity contribution in [2.45, 2.75) is 19.4 Å². The second-order valence-electron chi connectivity index (χ2n) is 5.20. The van der Waals surface area contributed by atoms with E-state index in [2.05, 4.69) is 11.0 Å².